The molecule has 0 fully saturated rings. The molecule has 0 saturated heterocycles. The molecule has 1 aliphatic heterocycles. The predicted molar refractivity (Wildman–Crippen MR) is 98.7 cm³/mol. The highest BCUT2D eigenvalue weighted by Crippen LogP contribution is 2.30. The van der Waals surface area contributed by atoms with Gasteiger partial charge in [-0.3, -0.25) is 14.5 Å². The lowest BCUT2D eigenvalue weighted by atomic mass is 10.1. The molecule has 0 spiro atoms. The highest BCUT2D eigenvalue weighted by atomic mass is 35.5. The number of ether oxygens (including phenoxy) is 1. The first-order valence-corrected chi connectivity index (χ1v) is 8.46. The maximum atomic E-state index is 13.6. The van der Waals surface area contributed by atoms with Crippen molar-refractivity contribution in [3.63, 3.8) is 0 Å². The van der Waals surface area contributed by atoms with Gasteiger partial charge in [0.15, 0.2) is 5.71 Å². The molecule has 0 bridgehead atoms. The van der Waals surface area contributed by atoms with E-state index in [4.69, 9.17) is 16.4 Å². The zero-order valence-corrected chi connectivity index (χ0v) is 15.4. The van der Waals surface area contributed by atoms with Crippen LogP contribution in [-0.2, 0) is 25.8 Å². The van der Waals surface area contributed by atoms with E-state index in [0.29, 0.717) is 16.8 Å². The highest BCUT2D eigenvalue weighted by molar-refractivity contribution is 6.65. The number of halogens is 2. The maximum Gasteiger partial charge on any atom is 0.337 e. The molecule has 0 radical (unpaired) electrons. The molecular formula is C19H14ClFN2O5. The Hall–Kier alpha value is -3.26. The van der Waals surface area contributed by atoms with Crippen LogP contribution in [0.3, 0.4) is 0 Å². The van der Waals surface area contributed by atoms with Gasteiger partial charge < -0.3 is 9.57 Å². The Morgan fingerprint density at radius 2 is 1.89 bits per heavy atom. The third kappa shape index (κ3) is 4.01. The van der Waals surface area contributed by atoms with Crippen LogP contribution in [0.1, 0.15) is 21.5 Å². The molecule has 7 nitrogen and oxygen atoms in total. The van der Waals surface area contributed by atoms with Crippen LogP contribution in [-0.4, -0.2) is 36.5 Å². The zero-order chi connectivity index (χ0) is 20.3. The standard InChI is InChI=1S/C19H14ClFN2O5/c1-27-19(26)12-4-2-11(3-5-12)10-28-22-17-14-8-13(21)6-7-15(14)23(18(17)25)9-16(20)24/h2-8H,9-10H2,1H3/b22-17+. The molecule has 0 aromatic heterocycles. The fourth-order valence-corrected chi connectivity index (χ4v) is 2.80. The van der Waals surface area contributed by atoms with Crippen LogP contribution < -0.4 is 4.90 Å². The molecule has 2 aromatic rings. The molecule has 0 unspecified atom stereocenters. The minimum absolute atomic E-state index is 0.0112. The number of hydrogen-bond donors (Lipinski definition) is 0. The van der Waals surface area contributed by atoms with Gasteiger partial charge in [-0.05, 0) is 47.5 Å². The largest absolute Gasteiger partial charge is 0.465 e. The molecule has 0 aliphatic carbocycles. The number of rotatable bonds is 6. The molecule has 2 aromatic carbocycles. The lowest BCUT2D eigenvalue weighted by Crippen LogP contribution is -2.33. The number of oxime groups is 1. The van der Waals surface area contributed by atoms with E-state index < -0.39 is 22.9 Å². The maximum absolute atomic E-state index is 13.6. The van der Waals surface area contributed by atoms with Gasteiger partial charge >= 0.3 is 5.97 Å². The van der Waals surface area contributed by atoms with E-state index in [1.807, 2.05) is 0 Å². The average molecular weight is 405 g/mol. The van der Waals surface area contributed by atoms with E-state index in [0.717, 1.165) is 11.0 Å². The molecule has 1 amide bonds. The summed E-state index contributed by atoms with van der Waals surface area (Å²) in [5, 5.41) is 3.09. The van der Waals surface area contributed by atoms with Crippen LogP contribution in [0, 0.1) is 5.82 Å². The number of amides is 1. The van der Waals surface area contributed by atoms with Crippen molar-refractivity contribution in [2.75, 3.05) is 18.6 Å². The smallest absolute Gasteiger partial charge is 0.337 e. The number of benzene rings is 2. The Kier molecular flexibility index (Phi) is 5.70. The lowest BCUT2D eigenvalue weighted by molar-refractivity contribution is -0.115. The monoisotopic (exact) mass is 404 g/mol. The summed E-state index contributed by atoms with van der Waals surface area (Å²) in [7, 11) is 1.29. The first-order chi connectivity index (χ1) is 13.4. The van der Waals surface area contributed by atoms with Crippen LogP contribution in [0.15, 0.2) is 47.6 Å². The summed E-state index contributed by atoms with van der Waals surface area (Å²) in [5.74, 6) is -1.64. The fraction of sp³-hybridized carbons (Fsp3) is 0.158. The SMILES string of the molecule is COC(=O)c1ccc(CO/N=C2/C(=O)N(CC(=O)Cl)c3ccc(F)cc32)cc1. The van der Waals surface area contributed by atoms with E-state index in [-0.39, 0.29) is 24.4 Å². The third-order valence-corrected chi connectivity index (χ3v) is 4.12. The van der Waals surface area contributed by atoms with E-state index in [1.54, 1.807) is 24.3 Å². The second-order valence-electron chi connectivity index (χ2n) is 5.81. The summed E-state index contributed by atoms with van der Waals surface area (Å²) >= 11 is 5.39. The molecule has 3 rings (SSSR count). The van der Waals surface area contributed by atoms with Gasteiger partial charge in [-0.1, -0.05) is 17.3 Å². The molecule has 1 heterocycles. The normalized spacial score (nSPS) is 14.2. The zero-order valence-electron chi connectivity index (χ0n) is 14.6. The molecular weight excluding hydrogens is 391 g/mol. The summed E-state index contributed by atoms with van der Waals surface area (Å²) in [6, 6.07) is 10.1. The minimum atomic E-state index is -0.739. The Bertz CT molecular complexity index is 975. The average Bonchev–Trinajstić information content (AvgIpc) is 2.92. The van der Waals surface area contributed by atoms with Gasteiger partial charge in [-0.2, -0.15) is 0 Å². The lowest BCUT2D eigenvalue weighted by Gasteiger charge is -2.13. The number of carbonyl (C=O) groups excluding carboxylic acids is 3. The summed E-state index contributed by atoms with van der Waals surface area (Å²) in [6.07, 6.45) is 0. The number of carbonyl (C=O) groups is 3. The first kappa shape index (κ1) is 19.5. The Balaban J connectivity index is 1.78. The van der Waals surface area contributed by atoms with Gasteiger partial charge in [0, 0.05) is 5.56 Å². The molecule has 28 heavy (non-hydrogen) atoms. The summed E-state index contributed by atoms with van der Waals surface area (Å²) in [6.45, 7) is -0.357. The van der Waals surface area contributed by atoms with E-state index >= 15 is 0 Å². The second-order valence-corrected chi connectivity index (χ2v) is 6.23. The van der Waals surface area contributed by atoms with Crippen molar-refractivity contribution in [1.29, 1.82) is 0 Å². The van der Waals surface area contributed by atoms with Crippen LogP contribution >= 0.6 is 11.6 Å². The molecule has 1 aliphatic rings. The van der Waals surface area contributed by atoms with Gasteiger partial charge in [0.1, 0.15) is 19.0 Å². The van der Waals surface area contributed by atoms with E-state index in [9.17, 15) is 18.8 Å². The number of hydrogen-bond acceptors (Lipinski definition) is 6. The second kappa shape index (κ2) is 8.18. The summed E-state index contributed by atoms with van der Waals surface area (Å²) in [4.78, 5) is 41.5. The number of methoxy groups -OCH3 is 1. The van der Waals surface area contributed by atoms with Crippen molar-refractivity contribution in [2.24, 2.45) is 5.16 Å². The summed E-state index contributed by atoms with van der Waals surface area (Å²) in [5.41, 5.74) is 1.48. The van der Waals surface area contributed by atoms with Gasteiger partial charge in [0.05, 0.1) is 18.4 Å². The minimum Gasteiger partial charge on any atom is -0.465 e. The summed E-state index contributed by atoms with van der Waals surface area (Å²) < 4.78 is 18.2. The molecule has 0 N–H and O–H groups in total. The number of nitrogens with zero attached hydrogens (tertiary/aromatic N) is 2. The number of esters is 1. The van der Waals surface area contributed by atoms with Crippen molar-refractivity contribution in [3.05, 3.63) is 65.0 Å². The molecule has 9 heteroatoms. The van der Waals surface area contributed by atoms with E-state index in [2.05, 4.69) is 9.89 Å². The van der Waals surface area contributed by atoms with Gasteiger partial charge in [-0.15, -0.1) is 0 Å². The van der Waals surface area contributed by atoms with Crippen molar-refractivity contribution in [2.45, 2.75) is 6.61 Å². The van der Waals surface area contributed by atoms with E-state index in [1.165, 1.54) is 19.2 Å². The number of fused-ring (bicyclic) bond motifs is 1. The number of anilines is 1. The Labute approximate surface area is 164 Å². The van der Waals surface area contributed by atoms with Crippen LogP contribution in [0.5, 0.6) is 0 Å². The Morgan fingerprint density at radius 1 is 1.18 bits per heavy atom. The van der Waals surface area contributed by atoms with Crippen LogP contribution in [0.2, 0.25) is 0 Å². The molecule has 0 saturated carbocycles. The van der Waals surface area contributed by atoms with Crippen LogP contribution in [0.4, 0.5) is 10.1 Å². The van der Waals surface area contributed by atoms with Gasteiger partial charge in [0.2, 0.25) is 5.24 Å². The third-order valence-electron chi connectivity index (χ3n) is 4.00. The Morgan fingerprint density at radius 3 is 2.54 bits per heavy atom. The first-order valence-electron chi connectivity index (χ1n) is 8.08. The predicted octanol–water partition coefficient (Wildman–Crippen LogP) is 2.65. The fourth-order valence-electron chi connectivity index (χ4n) is 2.68. The highest BCUT2D eigenvalue weighted by Gasteiger charge is 2.36. The van der Waals surface area contributed by atoms with Crippen molar-refractivity contribution in [3.8, 4) is 0 Å². The molecule has 0 atom stereocenters. The molecule has 144 valence electrons. The quantitative estimate of drug-likeness (QED) is 0.420. The van der Waals surface area contributed by atoms with Crippen molar-refractivity contribution < 1.29 is 28.3 Å². The topological polar surface area (TPSA) is 85.3 Å². The van der Waals surface area contributed by atoms with Crippen molar-refractivity contribution in [1.82, 2.24) is 0 Å². The van der Waals surface area contributed by atoms with Crippen LogP contribution in [0.25, 0.3) is 0 Å². The van der Waals surface area contributed by atoms with Crippen molar-refractivity contribution >= 4 is 40.1 Å². The van der Waals surface area contributed by atoms with Gasteiger partial charge in [-0.25, -0.2) is 9.18 Å². The van der Waals surface area contributed by atoms with Gasteiger partial charge in [0.25, 0.3) is 5.91 Å².